The largest absolute Gasteiger partial charge is 0.379 e. The zero-order valence-corrected chi connectivity index (χ0v) is 8.10. The number of rotatable bonds is 3. The Morgan fingerprint density at radius 1 is 1.90 bits per heavy atom. The summed E-state index contributed by atoms with van der Waals surface area (Å²) in [6, 6.07) is 0. The van der Waals surface area contributed by atoms with Gasteiger partial charge in [0.2, 0.25) is 0 Å². The Morgan fingerprint density at radius 2 is 2.40 bits per heavy atom. The van der Waals surface area contributed by atoms with E-state index in [4.69, 9.17) is 22.7 Å². The fraction of sp³-hybridized carbons (Fsp3) is 0.750. The quantitative estimate of drug-likeness (QED) is 0.316. The second-order valence-electron chi connectivity index (χ2n) is 2.05. The highest BCUT2D eigenvalue weighted by atomic mass is 35.5. The van der Waals surface area contributed by atoms with Gasteiger partial charge in [0.1, 0.15) is 7.14 Å². The molecule has 0 amide bonds. The molecule has 60 valence electrons. The van der Waals surface area contributed by atoms with E-state index in [-0.39, 0.29) is 10.8 Å². The fourth-order valence-electron chi connectivity index (χ4n) is 0.241. The van der Waals surface area contributed by atoms with Gasteiger partial charge in [-0.25, -0.2) is 0 Å². The molecule has 10 heavy (non-hydrogen) atoms. The second-order valence-corrected chi connectivity index (χ2v) is 7.37. The Hall–Kier alpha value is 0.340. The van der Waals surface area contributed by atoms with Crippen LogP contribution in [0.3, 0.4) is 0 Å². The molecule has 0 spiro atoms. The van der Waals surface area contributed by atoms with Crippen molar-refractivity contribution in [3.63, 3.8) is 0 Å². The van der Waals surface area contributed by atoms with Crippen molar-refractivity contribution in [2.45, 2.75) is 0 Å². The van der Waals surface area contributed by atoms with Crippen molar-refractivity contribution in [2.75, 3.05) is 17.8 Å². The molecule has 0 bridgehead atoms. The van der Waals surface area contributed by atoms with Crippen LogP contribution in [0.1, 0.15) is 0 Å². The van der Waals surface area contributed by atoms with E-state index in [0.29, 0.717) is 5.49 Å². The molecular formula is C4H10ClN2OPS. The van der Waals surface area contributed by atoms with Gasteiger partial charge in [-0.15, -0.1) is 11.6 Å². The van der Waals surface area contributed by atoms with Gasteiger partial charge >= 0.3 is 0 Å². The van der Waals surface area contributed by atoms with E-state index < -0.39 is 7.14 Å². The summed E-state index contributed by atoms with van der Waals surface area (Å²) in [6.45, 7) is 1.61. The molecule has 0 aliphatic rings. The Balaban J connectivity index is 3.68. The highest BCUT2D eigenvalue weighted by molar-refractivity contribution is 8.17. The SMILES string of the molecule is CP(=O)(CCl)CSC(=N)N. The van der Waals surface area contributed by atoms with Gasteiger partial charge in [0.15, 0.2) is 5.17 Å². The average molecular weight is 201 g/mol. The Kier molecular flexibility index (Phi) is 4.41. The Labute approximate surface area is 69.6 Å². The summed E-state index contributed by atoms with van der Waals surface area (Å²) in [6.07, 6.45) is 0. The molecule has 0 aromatic rings. The molecule has 3 N–H and O–H groups in total. The number of amidine groups is 1. The predicted molar refractivity (Wildman–Crippen MR) is 48.6 cm³/mol. The van der Waals surface area contributed by atoms with E-state index >= 15 is 0 Å². The zero-order valence-electron chi connectivity index (χ0n) is 5.63. The molecule has 0 aliphatic heterocycles. The van der Waals surface area contributed by atoms with E-state index in [2.05, 4.69) is 0 Å². The van der Waals surface area contributed by atoms with Gasteiger partial charge in [-0.2, -0.15) is 0 Å². The lowest BCUT2D eigenvalue weighted by molar-refractivity contribution is 0.584. The number of hydrogen-bond donors (Lipinski definition) is 2. The lowest BCUT2D eigenvalue weighted by Gasteiger charge is -2.06. The number of nitrogens with one attached hydrogen (secondary N) is 1. The molecule has 0 aromatic carbocycles. The summed E-state index contributed by atoms with van der Waals surface area (Å²) >= 11 is 6.47. The molecule has 0 rings (SSSR count). The van der Waals surface area contributed by atoms with Crippen molar-refractivity contribution >= 4 is 35.7 Å². The topological polar surface area (TPSA) is 66.9 Å². The molecule has 0 saturated carbocycles. The smallest absolute Gasteiger partial charge is 0.151 e. The van der Waals surface area contributed by atoms with Crippen LogP contribution in [0, 0.1) is 5.41 Å². The molecule has 1 unspecified atom stereocenters. The van der Waals surface area contributed by atoms with Crippen LogP contribution in [-0.4, -0.2) is 22.9 Å². The molecular weight excluding hydrogens is 191 g/mol. The maximum Gasteiger partial charge on any atom is 0.151 e. The minimum Gasteiger partial charge on any atom is -0.379 e. The first kappa shape index (κ1) is 10.3. The first-order valence-electron chi connectivity index (χ1n) is 2.56. The highest BCUT2D eigenvalue weighted by Gasteiger charge is 2.13. The summed E-state index contributed by atoms with van der Waals surface area (Å²) < 4.78 is 11.2. The van der Waals surface area contributed by atoms with Crippen LogP contribution in [0.2, 0.25) is 0 Å². The van der Waals surface area contributed by atoms with Crippen molar-refractivity contribution in [3.8, 4) is 0 Å². The monoisotopic (exact) mass is 200 g/mol. The first-order chi connectivity index (χ1) is 4.48. The third kappa shape index (κ3) is 5.15. The maximum absolute atomic E-state index is 11.2. The number of halogens is 1. The Bertz CT molecular complexity index is 175. The van der Waals surface area contributed by atoms with Crippen molar-refractivity contribution < 1.29 is 4.57 Å². The maximum atomic E-state index is 11.2. The van der Waals surface area contributed by atoms with Crippen molar-refractivity contribution in [1.29, 1.82) is 5.41 Å². The molecule has 1 atom stereocenters. The van der Waals surface area contributed by atoms with E-state index in [1.807, 2.05) is 0 Å². The molecule has 0 aromatic heterocycles. The molecule has 0 heterocycles. The highest BCUT2D eigenvalue weighted by Crippen LogP contribution is 2.45. The Morgan fingerprint density at radius 3 is 2.70 bits per heavy atom. The van der Waals surface area contributed by atoms with Crippen LogP contribution >= 0.6 is 30.5 Å². The predicted octanol–water partition coefficient (Wildman–Crippen LogP) is 1.76. The fourth-order valence-corrected chi connectivity index (χ4v) is 2.79. The number of thioether (sulfide) groups is 1. The minimum atomic E-state index is -2.22. The molecule has 0 aliphatic carbocycles. The van der Waals surface area contributed by atoms with E-state index in [1.54, 1.807) is 6.66 Å². The van der Waals surface area contributed by atoms with Crippen molar-refractivity contribution in [1.82, 2.24) is 0 Å². The van der Waals surface area contributed by atoms with Crippen molar-refractivity contribution in [3.05, 3.63) is 0 Å². The summed E-state index contributed by atoms with van der Waals surface area (Å²) in [4.78, 5) is 0. The third-order valence-electron chi connectivity index (χ3n) is 0.746. The van der Waals surface area contributed by atoms with Gasteiger partial charge in [0.25, 0.3) is 0 Å². The van der Waals surface area contributed by atoms with Crippen LogP contribution in [0.5, 0.6) is 0 Å². The summed E-state index contributed by atoms with van der Waals surface area (Å²) in [5.41, 5.74) is 5.56. The normalized spacial score (nSPS) is 16.2. The summed E-state index contributed by atoms with van der Waals surface area (Å²) in [5.74, 6) is 0. The van der Waals surface area contributed by atoms with E-state index in [1.165, 1.54) is 0 Å². The first-order valence-corrected chi connectivity index (χ1v) is 6.61. The number of hydrogen-bond acceptors (Lipinski definition) is 3. The second kappa shape index (κ2) is 4.27. The van der Waals surface area contributed by atoms with E-state index in [9.17, 15) is 4.57 Å². The third-order valence-corrected chi connectivity index (χ3v) is 5.78. The van der Waals surface area contributed by atoms with Gasteiger partial charge in [-0.1, -0.05) is 11.8 Å². The zero-order chi connectivity index (χ0) is 8.20. The van der Waals surface area contributed by atoms with Crippen LogP contribution < -0.4 is 5.73 Å². The number of alkyl halides is 1. The van der Waals surface area contributed by atoms with Gasteiger partial charge in [0.05, 0.1) is 11.1 Å². The van der Waals surface area contributed by atoms with E-state index in [0.717, 1.165) is 11.8 Å². The number of nitrogens with two attached hydrogens (primary N) is 1. The summed E-state index contributed by atoms with van der Waals surface area (Å²) in [5, 5.41) is 6.82. The lowest BCUT2D eigenvalue weighted by Crippen LogP contribution is -2.04. The lowest BCUT2D eigenvalue weighted by atomic mass is 11.4. The van der Waals surface area contributed by atoms with Gasteiger partial charge in [0, 0.05) is 0 Å². The molecule has 0 fully saturated rings. The van der Waals surface area contributed by atoms with Gasteiger partial charge in [-0.3, -0.25) is 5.41 Å². The average Bonchev–Trinajstić information content (AvgIpc) is 1.85. The van der Waals surface area contributed by atoms with Crippen molar-refractivity contribution in [2.24, 2.45) is 5.73 Å². The minimum absolute atomic E-state index is 0.00723. The molecule has 0 radical (unpaired) electrons. The van der Waals surface area contributed by atoms with Gasteiger partial charge < -0.3 is 10.3 Å². The van der Waals surface area contributed by atoms with Crippen LogP contribution in [0.4, 0.5) is 0 Å². The molecule has 3 nitrogen and oxygen atoms in total. The van der Waals surface area contributed by atoms with Crippen LogP contribution in [0.15, 0.2) is 0 Å². The van der Waals surface area contributed by atoms with Crippen LogP contribution in [-0.2, 0) is 4.57 Å². The van der Waals surface area contributed by atoms with Gasteiger partial charge in [-0.05, 0) is 6.66 Å². The standard InChI is InChI=1S/C4H10ClN2OPS/c1-9(8,2-5)3-10-4(6)7/h2-3H2,1H3,(H3,6,7). The summed E-state index contributed by atoms with van der Waals surface area (Å²) in [7, 11) is -2.22. The molecule has 0 saturated heterocycles. The van der Waals surface area contributed by atoms with Crippen LogP contribution in [0.25, 0.3) is 0 Å². The molecule has 6 heteroatoms.